The molecule has 52 heavy (non-hydrogen) atoms. The fourth-order valence-corrected chi connectivity index (χ4v) is 5.49. The number of hydrogen-bond donors (Lipinski definition) is 4. The number of phosphoric ester groups is 1. The predicted octanol–water partition coefficient (Wildman–Crippen LogP) is 8.38. The van der Waals surface area contributed by atoms with Crippen molar-refractivity contribution in [2.24, 2.45) is 5.92 Å². The molecule has 0 rings (SSSR count). The van der Waals surface area contributed by atoms with Gasteiger partial charge in [0.25, 0.3) is 0 Å². The number of carbonyl (C=O) groups excluding carboxylic acids is 2. The summed E-state index contributed by atoms with van der Waals surface area (Å²) in [5, 5.41) is 28.0. The van der Waals surface area contributed by atoms with Crippen LogP contribution in [0.5, 0.6) is 0 Å². The van der Waals surface area contributed by atoms with Crippen molar-refractivity contribution >= 4 is 19.8 Å². The lowest BCUT2D eigenvalue weighted by Gasteiger charge is -2.20. The first-order chi connectivity index (χ1) is 25.0. The number of allylic oxidation sites excluding steroid dienone is 8. The molecule has 4 atom stereocenters. The molecular formula is C40H69O11P. The summed E-state index contributed by atoms with van der Waals surface area (Å²) in [4.78, 5) is 34.8. The minimum absolute atomic E-state index is 0.143. The number of hydrogen-bond acceptors (Lipinski definition) is 10. The quantitative estimate of drug-likeness (QED) is 0.0164. The predicted molar refractivity (Wildman–Crippen MR) is 206 cm³/mol. The molecule has 0 aliphatic carbocycles. The smallest absolute Gasteiger partial charge is 0.462 e. The van der Waals surface area contributed by atoms with E-state index in [0.29, 0.717) is 25.7 Å². The lowest BCUT2D eigenvalue weighted by Crippen LogP contribution is -2.29. The molecule has 4 N–H and O–H groups in total. The Kier molecular flexibility index (Phi) is 32.8. The molecule has 12 heteroatoms. The minimum atomic E-state index is -4.63. The maximum absolute atomic E-state index is 12.5. The Balaban J connectivity index is 4.49. The summed E-state index contributed by atoms with van der Waals surface area (Å²) in [6, 6.07) is 0. The number of carbonyl (C=O) groups is 2. The van der Waals surface area contributed by atoms with Crippen LogP contribution in [-0.2, 0) is 32.7 Å². The SMILES string of the molecule is CC/C=C\C(O)C/C=C/C=C\C/C=C\C/C=C\CCCC(=O)OC[C@H](COP(=O)(O)OC[C@@H](O)CO)OC(=O)CCCCCCCCCCC(C)C. The molecule has 0 aliphatic heterocycles. The van der Waals surface area contributed by atoms with Gasteiger partial charge in [0.15, 0.2) is 6.10 Å². The number of ether oxygens (including phenoxy) is 2. The van der Waals surface area contributed by atoms with Gasteiger partial charge in [-0.3, -0.25) is 18.6 Å². The molecule has 0 fully saturated rings. The van der Waals surface area contributed by atoms with Gasteiger partial charge in [0.05, 0.1) is 25.9 Å². The minimum Gasteiger partial charge on any atom is -0.462 e. The van der Waals surface area contributed by atoms with Crippen LogP contribution in [0.2, 0.25) is 0 Å². The highest BCUT2D eigenvalue weighted by molar-refractivity contribution is 7.47. The van der Waals surface area contributed by atoms with Crippen molar-refractivity contribution in [3.05, 3.63) is 60.8 Å². The van der Waals surface area contributed by atoms with Crippen molar-refractivity contribution in [1.82, 2.24) is 0 Å². The normalized spacial score (nSPS) is 15.4. The molecule has 0 radical (unpaired) electrons. The number of esters is 2. The van der Waals surface area contributed by atoms with Gasteiger partial charge in [-0.1, -0.05) is 133 Å². The molecule has 0 amide bonds. The first kappa shape index (κ1) is 49.6. The van der Waals surface area contributed by atoms with E-state index >= 15 is 0 Å². The third-order valence-electron chi connectivity index (χ3n) is 7.69. The van der Waals surface area contributed by atoms with Gasteiger partial charge in [-0.25, -0.2) is 4.57 Å². The zero-order valence-electron chi connectivity index (χ0n) is 32.0. The van der Waals surface area contributed by atoms with Crippen LogP contribution in [0, 0.1) is 5.92 Å². The molecule has 0 saturated carbocycles. The largest absolute Gasteiger partial charge is 0.472 e. The number of unbranched alkanes of at least 4 members (excludes halogenated alkanes) is 8. The molecular weight excluding hydrogens is 687 g/mol. The van der Waals surface area contributed by atoms with Gasteiger partial charge in [0.1, 0.15) is 12.7 Å². The van der Waals surface area contributed by atoms with Crippen molar-refractivity contribution in [3.63, 3.8) is 0 Å². The highest BCUT2D eigenvalue weighted by Crippen LogP contribution is 2.43. The van der Waals surface area contributed by atoms with Crippen LogP contribution in [0.3, 0.4) is 0 Å². The average Bonchev–Trinajstić information content (AvgIpc) is 3.11. The molecule has 0 spiro atoms. The summed E-state index contributed by atoms with van der Waals surface area (Å²) in [5.41, 5.74) is 0. The Morgan fingerprint density at radius 1 is 0.712 bits per heavy atom. The molecule has 2 unspecified atom stereocenters. The maximum atomic E-state index is 12.5. The zero-order valence-corrected chi connectivity index (χ0v) is 32.9. The molecule has 0 aliphatic rings. The second-order valence-corrected chi connectivity index (χ2v) is 14.7. The fourth-order valence-electron chi connectivity index (χ4n) is 4.70. The molecule has 0 aromatic rings. The number of phosphoric acid groups is 1. The van der Waals surface area contributed by atoms with E-state index in [1.807, 2.05) is 49.5 Å². The summed E-state index contributed by atoms with van der Waals surface area (Å²) < 4.78 is 32.5. The first-order valence-corrected chi connectivity index (χ1v) is 20.7. The molecule has 0 heterocycles. The van der Waals surface area contributed by atoms with E-state index < -0.39 is 57.9 Å². The highest BCUT2D eigenvalue weighted by Gasteiger charge is 2.27. The van der Waals surface area contributed by atoms with Crippen LogP contribution < -0.4 is 0 Å². The molecule has 11 nitrogen and oxygen atoms in total. The summed E-state index contributed by atoms with van der Waals surface area (Å²) in [7, 11) is -4.63. The Labute approximate surface area is 313 Å². The van der Waals surface area contributed by atoms with Crippen LogP contribution >= 0.6 is 7.82 Å². The van der Waals surface area contributed by atoms with E-state index in [1.165, 1.54) is 32.1 Å². The number of aliphatic hydroxyl groups is 3. The summed E-state index contributed by atoms with van der Waals surface area (Å²) in [6.45, 7) is 4.30. The van der Waals surface area contributed by atoms with Gasteiger partial charge in [-0.2, -0.15) is 0 Å². The van der Waals surface area contributed by atoms with Crippen LogP contribution in [0.4, 0.5) is 0 Å². The van der Waals surface area contributed by atoms with E-state index in [0.717, 1.165) is 44.4 Å². The Morgan fingerprint density at radius 3 is 1.98 bits per heavy atom. The average molecular weight is 757 g/mol. The third kappa shape index (κ3) is 34.7. The van der Waals surface area contributed by atoms with Crippen LogP contribution in [-0.4, -0.2) is 76.9 Å². The Bertz CT molecular complexity index is 1080. The van der Waals surface area contributed by atoms with Gasteiger partial charge in [-0.05, 0) is 50.9 Å². The fraction of sp³-hybridized carbons (Fsp3) is 0.700. The van der Waals surface area contributed by atoms with Gasteiger partial charge < -0.3 is 29.7 Å². The second kappa shape index (κ2) is 34.4. The van der Waals surface area contributed by atoms with Gasteiger partial charge in [-0.15, -0.1) is 0 Å². The zero-order chi connectivity index (χ0) is 38.7. The molecule has 0 aromatic heterocycles. The second-order valence-electron chi connectivity index (χ2n) is 13.3. The number of aliphatic hydroxyl groups excluding tert-OH is 3. The van der Waals surface area contributed by atoms with Crippen LogP contribution in [0.25, 0.3) is 0 Å². The van der Waals surface area contributed by atoms with Gasteiger partial charge >= 0.3 is 19.8 Å². The van der Waals surface area contributed by atoms with Crippen molar-refractivity contribution in [3.8, 4) is 0 Å². The Hall–Kier alpha value is -2.37. The summed E-state index contributed by atoms with van der Waals surface area (Å²) in [6.07, 6.45) is 31.3. The van der Waals surface area contributed by atoms with Gasteiger partial charge in [0, 0.05) is 12.8 Å². The first-order valence-electron chi connectivity index (χ1n) is 19.2. The van der Waals surface area contributed by atoms with Crippen molar-refractivity contribution in [1.29, 1.82) is 0 Å². The molecule has 0 saturated heterocycles. The lowest BCUT2D eigenvalue weighted by molar-refractivity contribution is -0.161. The van der Waals surface area contributed by atoms with Crippen LogP contribution in [0.1, 0.15) is 130 Å². The maximum Gasteiger partial charge on any atom is 0.472 e. The van der Waals surface area contributed by atoms with Crippen molar-refractivity contribution in [2.75, 3.05) is 26.4 Å². The Morgan fingerprint density at radius 2 is 1.31 bits per heavy atom. The van der Waals surface area contributed by atoms with E-state index in [9.17, 15) is 29.3 Å². The van der Waals surface area contributed by atoms with E-state index in [2.05, 4.69) is 30.5 Å². The molecule has 300 valence electrons. The molecule has 0 bridgehead atoms. The molecule has 0 aromatic carbocycles. The standard InChI is InChI=1S/C40H69O11P/c1-4-5-27-36(42)28-23-19-15-10-8-6-7-9-11-16-20-24-29-39(44)48-33-38(34-50-52(46,47)49-32-37(43)31-41)51-40(45)30-25-21-17-13-12-14-18-22-26-35(2)3/h5-7,10-11,15-16,19,23,27,35-38,41-43H,4,8-9,12-14,17-18,20-22,24-26,28-34H2,1-3H3,(H,46,47)/b7-6-,15-10-,16-11-,23-19+,27-5-/t36?,37-,38+/m0/s1. The van der Waals surface area contributed by atoms with Gasteiger partial charge in [0.2, 0.25) is 0 Å². The summed E-state index contributed by atoms with van der Waals surface area (Å²) >= 11 is 0. The van der Waals surface area contributed by atoms with E-state index in [-0.39, 0.29) is 19.4 Å². The van der Waals surface area contributed by atoms with E-state index in [4.69, 9.17) is 19.1 Å². The van der Waals surface area contributed by atoms with Crippen LogP contribution in [0.15, 0.2) is 60.8 Å². The topological polar surface area (TPSA) is 169 Å². The third-order valence-corrected chi connectivity index (χ3v) is 8.64. The highest BCUT2D eigenvalue weighted by atomic mass is 31.2. The van der Waals surface area contributed by atoms with Crippen molar-refractivity contribution in [2.45, 2.75) is 148 Å². The van der Waals surface area contributed by atoms with Crippen molar-refractivity contribution < 1.29 is 52.9 Å². The monoisotopic (exact) mass is 756 g/mol. The lowest BCUT2D eigenvalue weighted by atomic mass is 10.0. The number of rotatable bonds is 34. The van der Waals surface area contributed by atoms with E-state index in [1.54, 1.807) is 6.08 Å². The summed E-state index contributed by atoms with van der Waals surface area (Å²) in [5.74, 6) is -0.279.